The Hall–Kier alpha value is -1.22. The van der Waals surface area contributed by atoms with E-state index >= 15 is 0 Å². The van der Waals surface area contributed by atoms with E-state index in [1.54, 1.807) is 18.2 Å². The SMILES string of the molecule is COc1ccc([13C](=O)Cl)c(OC)c1. The molecule has 0 aliphatic carbocycles. The van der Waals surface area contributed by atoms with Crippen molar-refractivity contribution >= 4 is 16.8 Å². The van der Waals surface area contributed by atoms with Crippen LogP contribution in [-0.2, 0) is 0 Å². The number of carbonyl (C=O) groups excluding carboxylic acids is 1. The van der Waals surface area contributed by atoms with E-state index in [1.165, 1.54) is 14.2 Å². The standard InChI is InChI=1S/C9H9ClO3/c1-12-6-3-4-7(9(10)11)8(5-6)13-2/h3-5H,1-2H3/i9+1. The predicted octanol–water partition coefficient (Wildman–Crippen LogP) is 2.08. The average Bonchev–Trinajstić information content (AvgIpc) is 2.16. The minimum absolute atomic E-state index is 0.338. The molecule has 0 atom stereocenters. The summed E-state index contributed by atoms with van der Waals surface area (Å²) in [6.45, 7) is 0. The molecule has 0 aliphatic heterocycles. The van der Waals surface area contributed by atoms with Crippen molar-refractivity contribution in [2.24, 2.45) is 0 Å². The highest BCUT2D eigenvalue weighted by Gasteiger charge is 2.09. The first-order chi connectivity index (χ1) is 6.19. The van der Waals surface area contributed by atoms with Gasteiger partial charge < -0.3 is 9.47 Å². The van der Waals surface area contributed by atoms with Crippen LogP contribution in [0.25, 0.3) is 0 Å². The van der Waals surface area contributed by atoms with E-state index in [1.807, 2.05) is 0 Å². The molecule has 13 heavy (non-hydrogen) atoms. The molecule has 0 unspecified atom stereocenters. The second-order valence-electron chi connectivity index (χ2n) is 2.34. The molecule has 1 rings (SSSR count). The van der Waals surface area contributed by atoms with Crippen molar-refractivity contribution in [2.45, 2.75) is 0 Å². The van der Waals surface area contributed by atoms with E-state index in [-0.39, 0.29) is 0 Å². The summed E-state index contributed by atoms with van der Waals surface area (Å²) in [6.07, 6.45) is 0. The van der Waals surface area contributed by atoms with Gasteiger partial charge in [-0.1, -0.05) is 0 Å². The highest BCUT2D eigenvalue weighted by Crippen LogP contribution is 2.25. The van der Waals surface area contributed by atoms with Crippen molar-refractivity contribution in [1.82, 2.24) is 0 Å². The molecule has 4 heteroatoms. The number of ether oxygens (including phenoxy) is 2. The van der Waals surface area contributed by atoms with E-state index in [4.69, 9.17) is 21.1 Å². The molecular formula is C9H9ClO3. The summed E-state index contributed by atoms with van der Waals surface area (Å²) in [5.74, 6) is 1.04. The van der Waals surface area contributed by atoms with E-state index in [0.29, 0.717) is 17.1 Å². The Bertz CT molecular complexity index is 323. The number of carbonyl (C=O) groups is 1. The molecule has 3 nitrogen and oxygen atoms in total. The van der Waals surface area contributed by atoms with Crippen LogP contribution in [0.3, 0.4) is 0 Å². The number of rotatable bonds is 3. The summed E-state index contributed by atoms with van der Waals surface area (Å²) in [4.78, 5) is 10.9. The maximum atomic E-state index is 10.9. The Morgan fingerprint density at radius 1 is 1.31 bits per heavy atom. The summed E-state index contributed by atoms with van der Waals surface area (Å²) < 4.78 is 9.92. The topological polar surface area (TPSA) is 35.5 Å². The van der Waals surface area contributed by atoms with Crippen LogP contribution in [0.4, 0.5) is 0 Å². The van der Waals surface area contributed by atoms with Gasteiger partial charge in [0.2, 0.25) is 0 Å². The summed E-state index contributed by atoms with van der Waals surface area (Å²) in [5, 5.41) is -0.542. The Balaban J connectivity index is 3.15. The van der Waals surface area contributed by atoms with Crippen molar-refractivity contribution in [2.75, 3.05) is 14.2 Å². The lowest BCUT2D eigenvalue weighted by atomic mass is 10.2. The predicted molar refractivity (Wildman–Crippen MR) is 49.7 cm³/mol. The van der Waals surface area contributed by atoms with Crippen molar-refractivity contribution in [1.29, 1.82) is 0 Å². The second kappa shape index (κ2) is 4.14. The maximum Gasteiger partial charge on any atom is 0.256 e. The summed E-state index contributed by atoms with van der Waals surface area (Å²) >= 11 is 5.32. The zero-order chi connectivity index (χ0) is 9.84. The third-order valence-electron chi connectivity index (χ3n) is 1.62. The van der Waals surface area contributed by atoms with Gasteiger partial charge in [-0.25, -0.2) is 0 Å². The minimum atomic E-state index is -0.542. The number of halogens is 1. The first kappa shape index (κ1) is 9.86. The van der Waals surface area contributed by atoms with Crippen molar-refractivity contribution < 1.29 is 14.3 Å². The molecular weight excluding hydrogens is 193 g/mol. The number of methoxy groups -OCH3 is 2. The molecule has 0 bridgehead atoms. The Morgan fingerprint density at radius 2 is 2.00 bits per heavy atom. The van der Waals surface area contributed by atoms with Gasteiger partial charge in [-0.15, -0.1) is 0 Å². The molecule has 0 spiro atoms. The van der Waals surface area contributed by atoms with E-state index in [2.05, 4.69) is 0 Å². The smallest absolute Gasteiger partial charge is 0.256 e. The van der Waals surface area contributed by atoms with Gasteiger partial charge in [0, 0.05) is 6.07 Å². The van der Waals surface area contributed by atoms with Gasteiger partial charge in [-0.3, -0.25) is 4.79 Å². The van der Waals surface area contributed by atoms with Gasteiger partial charge in [-0.05, 0) is 23.7 Å². The van der Waals surface area contributed by atoms with E-state index in [9.17, 15) is 4.79 Å². The lowest BCUT2D eigenvalue weighted by molar-refractivity contribution is 0.107. The molecule has 0 heterocycles. The first-order valence-electron chi connectivity index (χ1n) is 3.61. The monoisotopic (exact) mass is 201 g/mol. The van der Waals surface area contributed by atoms with Crippen LogP contribution < -0.4 is 9.47 Å². The number of benzene rings is 1. The van der Waals surface area contributed by atoms with Crippen LogP contribution in [-0.4, -0.2) is 19.5 Å². The van der Waals surface area contributed by atoms with E-state index < -0.39 is 5.24 Å². The molecule has 0 saturated heterocycles. The number of hydrogen-bond acceptors (Lipinski definition) is 3. The Morgan fingerprint density at radius 3 is 2.46 bits per heavy atom. The second-order valence-corrected chi connectivity index (χ2v) is 2.68. The highest BCUT2D eigenvalue weighted by molar-refractivity contribution is 6.68. The molecule has 0 N–H and O–H groups in total. The lowest BCUT2D eigenvalue weighted by Crippen LogP contribution is -1.95. The molecule has 70 valence electrons. The van der Waals surface area contributed by atoms with Crippen molar-refractivity contribution in [3.8, 4) is 11.5 Å². The quantitative estimate of drug-likeness (QED) is 0.555. The molecule has 0 amide bonds. The first-order valence-corrected chi connectivity index (χ1v) is 3.98. The van der Waals surface area contributed by atoms with Gasteiger partial charge in [0.25, 0.3) is 5.24 Å². The van der Waals surface area contributed by atoms with Crippen LogP contribution in [0.1, 0.15) is 10.4 Å². The third-order valence-corrected chi connectivity index (χ3v) is 1.82. The Labute approximate surface area is 81.2 Å². The Kier molecular flexibility index (Phi) is 3.14. The molecule has 0 radical (unpaired) electrons. The summed E-state index contributed by atoms with van der Waals surface area (Å²) in [6, 6.07) is 4.82. The van der Waals surface area contributed by atoms with Crippen LogP contribution in [0, 0.1) is 0 Å². The third kappa shape index (κ3) is 2.12. The van der Waals surface area contributed by atoms with Gasteiger partial charge >= 0.3 is 0 Å². The van der Waals surface area contributed by atoms with E-state index in [0.717, 1.165) is 0 Å². The van der Waals surface area contributed by atoms with Crippen molar-refractivity contribution in [3.05, 3.63) is 23.8 Å². The van der Waals surface area contributed by atoms with Gasteiger partial charge in [0.05, 0.1) is 19.8 Å². The largest absolute Gasteiger partial charge is 0.497 e. The van der Waals surface area contributed by atoms with Crippen LogP contribution >= 0.6 is 11.6 Å². The molecule has 1 aromatic rings. The summed E-state index contributed by atoms with van der Waals surface area (Å²) in [5.41, 5.74) is 0.338. The minimum Gasteiger partial charge on any atom is -0.497 e. The fourth-order valence-corrected chi connectivity index (χ4v) is 1.12. The van der Waals surface area contributed by atoms with Crippen LogP contribution in [0.5, 0.6) is 11.5 Å². The zero-order valence-corrected chi connectivity index (χ0v) is 8.09. The summed E-state index contributed by atoms with van der Waals surface area (Å²) in [7, 11) is 3.01. The fourth-order valence-electron chi connectivity index (χ4n) is 0.961. The number of hydrogen-bond donors (Lipinski definition) is 0. The van der Waals surface area contributed by atoms with Crippen LogP contribution in [0.2, 0.25) is 0 Å². The van der Waals surface area contributed by atoms with Gasteiger partial charge in [0.1, 0.15) is 11.5 Å². The zero-order valence-electron chi connectivity index (χ0n) is 7.33. The molecule has 0 saturated carbocycles. The average molecular weight is 202 g/mol. The molecule has 0 aliphatic rings. The van der Waals surface area contributed by atoms with Crippen molar-refractivity contribution in [3.63, 3.8) is 0 Å². The highest BCUT2D eigenvalue weighted by atomic mass is 35.5. The lowest BCUT2D eigenvalue weighted by Gasteiger charge is -2.06. The molecule has 0 fully saturated rings. The van der Waals surface area contributed by atoms with Gasteiger partial charge in [-0.2, -0.15) is 0 Å². The van der Waals surface area contributed by atoms with Gasteiger partial charge in [0.15, 0.2) is 0 Å². The maximum absolute atomic E-state index is 10.9. The molecule has 0 aromatic heterocycles. The molecule has 1 aromatic carbocycles. The van der Waals surface area contributed by atoms with Crippen LogP contribution in [0.15, 0.2) is 18.2 Å². The normalized spacial score (nSPS) is 9.46. The fraction of sp³-hybridized carbons (Fsp3) is 0.222.